The lowest BCUT2D eigenvalue weighted by Crippen LogP contribution is -2.12. The number of sulfonamides is 1. The average molecular weight is 322 g/mol. The molecule has 0 saturated heterocycles. The molecule has 3 rings (SSSR count). The summed E-state index contributed by atoms with van der Waals surface area (Å²) in [4.78, 5) is 13.1. The Labute approximate surface area is 124 Å². The molecule has 0 aliphatic rings. The lowest BCUT2D eigenvalue weighted by molar-refractivity contribution is 0.0691. The number of carbonyl (C=O) groups is 1. The molecule has 0 amide bonds. The Balaban J connectivity index is 1.92. The fourth-order valence-electron chi connectivity index (χ4n) is 1.90. The third-order valence-corrected chi connectivity index (χ3v) is 5.16. The quantitative estimate of drug-likeness (QED) is 0.687. The predicted molar refractivity (Wildman–Crippen MR) is 80.4 cm³/mol. The van der Waals surface area contributed by atoms with Crippen LogP contribution in [0.5, 0.6) is 0 Å². The highest BCUT2D eigenvalue weighted by Gasteiger charge is 2.18. The van der Waals surface area contributed by atoms with Crippen molar-refractivity contribution in [1.82, 2.24) is 4.98 Å². The van der Waals surface area contributed by atoms with Gasteiger partial charge in [-0.15, -0.1) is 11.3 Å². The van der Waals surface area contributed by atoms with Crippen LogP contribution in [0.3, 0.4) is 0 Å². The first-order chi connectivity index (χ1) is 9.95. The topological polar surface area (TPSA) is 99.3 Å². The number of aromatic nitrogens is 1. The molecular weight excluding hydrogens is 312 g/mol. The van der Waals surface area contributed by atoms with Crippen LogP contribution in [0.1, 0.15) is 10.5 Å². The zero-order valence-corrected chi connectivity index (χ0v) is 12.2. The maximum Gasteiger partial charge on any atom is 0.352 e. The molecule has 2 heterocycles. The van der Waals surface area contributed by atoms with Crippen LogP contribution in [0.15, 0.2) is 46.8 Å². The van der Waals surface area contributed by atoms with Gasteiger partial charge in [-0.05, 0) is 41.1 Å². The van der Waals surface area contributed by atoms with Gasteiger partial charge >= 0.3 is 5.97 Å². The van der Waals surface area contributed by atoms with Crippen LogP contribution in [0.25, 0.3) is 10.1 Å². The van der Waals surface area contributed by atoms with Gasteiger partial charge in [0.15, 0.2) is 0 Å². The van der Waals surface area contributed by atoms with Crippen molar-refractivity contribution in [3.63, 3.8) is 0 Å². The number of fused-ring (bicyclic) bond motifs is 1. The summed E-state index contributed by atoms with van der Waals surface area (Å²) in [5, 5.41) is 11.7. The van der Waals surface area contributed by atoms with Crippen molar-refractivity contribution in [1.29, 1.82) is 0 Å². The Morgan fingerprint density at radius 1 is 1.24 bits per heavy atom. The monoisotopic (exact) mass is 322 g/mol. The van der Waals surface area contributed by atoms with Gasteiger partial charge in [0.05, 0.1) is 0 Å². The lowest BCUT2D eigenvalue weighted by Gasteiger charge is -2.06. The van der Waals surface area contributed by atoms with Crippen LogP contribution in [-0.2, 0) is 10.0 Å². The summed E-state index contributed by atoms with van der Waals surface area (Å²) in [5.74, 6) is -1.21. The SMILES string of the molecule is O=C(O)c1cc(S(=O)(=O)Nc2ccc3sccc3c2)c[nH]1. The largest absolute Gasteiger partial charge is 0.477 e. The zero-order chi connectivity index (χ0) is 15.0. The van der Waals surface area contributed by atoms with Gasteiger partial charge in [-0.3, -0.25) is 4.72 Å². The molecule has 0 unspecified atom stereocenters. The molecule has 0 aliphatic carbocycles. The Hall–Kier alpha value is -2.32. The first kappa shape index (κ1) is 13.7. The molecule has 0 spiro atoms. The van der Waals surface area contributed by atoms with Crippen molar-refractivity contribution in [2.24, 2.45) is 0 Å². The number of rotatable bonds is 4. The molecule has 6 nitrogen and oxygen atoms in total. The molecule has 3 aromatic rings. The van der Waals surface area contributed by atoms with Crippen molar-refractivity contribution >= 4 is 43.1 Å². The zero-order valence-electron chi connectivity index (χ0n) is 10.5. The summed E-state index contributed by atoms with van der Waals surface area (Å²) in [5.41, 5.74) is 0.252. The first-order valence-corrected chi connectivity index (χ1v) is 8.24. The molecule has 0 saturated carbocycles. The van der Waals surface area contributed by atoms with Crippen molar-refractivity contribution in [2.45, 2.75) is 4.90 Å². The third-order valence-electron chi connectivity index (χ3n) is 2.90. The Kier molecular flexibility index (Phi) is 3.19. The smallest absolute Gasteiger partial charge is 0.352 e. The summed E-state index contributed by atoms with van der Waals surface area (Å²) in [6.45, 7) is 0. The second-order valence-corrected chi connectivity index (χ2v) is 6.96. The van der Waals surface area contributed by atoms with Crippen LogP contribution in [0, 0.1) is 0 Å². The number of aromatic carboxylic acids is 1. The van der Waals surface area contributed by atoms with E-state index < -0.39 is 16.0 Å². The van der Waals surface area contributed by atoms with Crippen LogP contribution < -0.4 is 4.72 Å². The molecule has 108 valence electrons. The van der Waals surface area contributed by atoms with Crippen LogP contribution in [0.4, 0.5) is 5.69 Å². The number of aromatic amines is 1. The van der Waals surface area contributed by atoms with E-state index in [1.165, 1.54) is 0 Å². The molecular formula is C13H10N2O4S2. The van der Waals surface area contributed by atoms with E-state index in [0.717, 1.165) is 22.3 Å². The van der Waals surface area contributed by atoms with E-state index in [0.29, 0.717) is 5.69 Å². The van der Waals surface area contributed by atoms with E-state index in [1.54, 1.807) is 23.5 Å². The van der Waals surface area contributed by atoms with Crippen molar-refractivity contribution in [2.75, 3.05) is 4.72 Å². The van der Waals surface area contributed by atoms with Gasteiger partial charge in [-0.2, -0.15) is 0 Å². The molecule has 8 heteroatoms. The average Bonchev–Trinajstić information content (AvgIpc) is 3.07. The summed E-state index contributed by atoms with van der Waals surface area (Å²) < 4.78 is 27.9. The van der Waals surface area contributed by atoms with E-state index in [4.69, 9.17) is 5.11 Å². The van der Waals surface area contributed by atoms with E-state index in [-0.39, 0.29) is 10.6 Å². The highest BCUT2D eigenvalue weighted by Crippen LogP contribution is 2.25. The van der Waals surface area contributed by atoms with Crippen LogP contribution in [0.2, 0.25) is 0 Å². The van der Waals surface area contributed by atoms with Crippen molar-refractivity contribution in [3.05, 3.63) is 47.6 Å². The summed E-state index contributed by atoms with van der Waals surface area (Å²) in [6.07, 6.45) is 1.15. The molecule has 1 aromatic carbocycles. The number of carboxylic acid groups (broad SMARTS) is 1. The second kappa shape index (κ2) is 4.90. The van der Waals surface area contributed by atoms with E-state index >= 15 is 0 Å². The highest BCUT2D eigenvalue weighted by atomic mass is 32.2. The van der Waals surface area contributed by atoms with Gasteiger partial charge in [0.1, 0.15) is 10.6 Å². The van der Waals surface area contributed by atoms with Crippen molar-refractivity contribution < 1.29 is 18.3 Å². The number of thiophene rings is 1. The summed E-state index contributed by atoms with van der Waals surface area (Å²) in [6, 6.07) is 8.21. The van der Waals surface area contributed by atoms with Crippen LogP contribution >= 0.6 is 11.3 Å². The van der Waals surface area contributed by atoms with Crippen molar-refractivity contribution in [3.8, 4) is 0 Å². The van der Waals surface area contributed by atoms with Gasteiger partial charge < -0.3 is 10.1 Å². The van der Waals surface area contributed by atoms with Gasteiger partial charge in [0.25, 0.3) is 10.0 Å². The minimum atomic E-state index is -3.82. The van der Waals surface area contributed by atoms with Gasteiger partial charge in [0.2, 0.25) is 0 Å². The molecule has 2 aromatic heterocycles. The lowest BCUT2D eigenvalue weighted by atomic mass is 10.2. The molecule has 0 aliphatic heterocycles. The highest BCUT2D eigenvalue weighted by molar-refractivity contribution is 7.92. The molecule has 0 fully saturated rings. The van der Waals surface area contributed by atoms with Crippen LogP contribution in [-0.4, -0.2) is 24.5 Å². The number of anilines is 1. The van der Waals surface area contributed by atoms with Gasteiger partial charge in [0, 0.05) is 16.6 Å². The van der Waals surface area contributed by atoms with E-state index in [1.807, 2.05) is 17.5 Å². The molecule has 0 atom stereocenters. The fourth-order valence-corrected chi connectivity index (χ4v) is 3.71. The normalized spacial score (nSPS) is 11.6. The van der Waals surface area contributed by atoms with E-state index in [2.05, 4.69) is 9.71 Å². The number of H-pyrrole nitrogens is 1. The minimum absolute atomic E-state index is 0.120. The maximum absolute atomic E-state index is 12.2. The molecule has 21 heavy (non-hydrogen) atoms. The maximum atomic E-state index is 12.2. The minimum Gasteiger partial charge on any atom is -0.477 e. The first-order valence-electron chi connectivity index (χ1n) is 5.87. The number of carboxylic acids is 1. The third kappa shape index (κ3) is 2.63. The van der Waals surface area contributed by atoms with Gasteiger partial charge in [-0.1, -0.05) is 0 Å². The number of benzene rings is 1. The molecule has 3 N–H and O–H groups in total. The Morgan fingerprint density at radius 2 is 2.05 bits per heavy atom. The fraction of sp³-hybridized carbons (Fsp3) is 0. The van der Waals surface area contributed by atoms with E-state index in [9.17, 15) is 13.2 Å². The standard InChI is InChI=1S/C13H10N2O4S2/c16-13(17)11-6-10(7-14-11)21(18,19)15-9-1-2-12-8(5-9)3-4-20-12/h1-7,14-15H,(H,16,17). The Bertz CT molecular complexity index is 924. The molecule has 0 bridgehead atoms. The number of hydrogen-bond acceptors (Lipinski definition) is 4. The number of nitrogens with one attached hydrogen (secondary N) is 2. The Morgan fingerprint density at radius 3 is 2.76 bits per heavy atom. The number of hydrogen-bond donors (Lipinski definition) is 3. The predicted octanol–water partition coefficient (Wildman–Crippen LogP) is 2.73. The summed E-state index contributed by atoms with van der Waals surface area (Å²) in [7, 11) is -3.82. The summed E-state index contributed by atoms with van der Waals surface area (Å²) >= 11 is 1.57. The molecule has 0 radical (unpaired) electrons. The second-order valence-electron chi connectivity index (χ2n) is 4.33. The van der Waals surface area contributed by atoms with Gasteiger partial charge in [-0.25, -0.2) is 13.2 Å².